The Labute approximate surface area is 123 Å². The molecule has 0 unspecified atom stereocenters. The first-order valence-corrected chi connectivity index (χ1v) is 7.42. The normalized spacial score (nSPS) is 20.5. The zero-order chi connectivity index (χ0) is 15.6. The van der Waals surface area contributed by atoms with Crippen molar-refractivity contribution >= 4 is 11.6 Å². The minimum Gasteiger partial charge on any atom is -0.299 e. The van der Waals surface area contributed by atoms with Crippen LogP contribution in [0.15, 0.2) is 23.3 Å². The minimum absolute atomic E-state index is 0.119. The van der Waals surface area contributed by atoms with E-state index in [-0.39, 0.29) is 17.0 Å². The quantitative estimate of drug-likeness (QED) is 0.553. The van der Waals surface area contributed by atoms with Crippen LogP contribution in [0.3, 0.4) is 0 Å². The van der Waals surface area contributed by atoms with Gasteiger partial charge in [-0.3, -0.25) is 9.59 Å². The molecular weight excluding hydrogens is 248 g/mol. The van der Waals surface area contributed by atoms with Gasteiger partial charge in [0.15, 0.2) is 0 Å². The van der Waals surface area contributed by atoms with E-state index in [0.717, 1.165) is 11.1 Å². The summed E-state index contributed by atoms with van der Waals surface area (Å²) in [5.74, 6) is 0.238. The van der Waals surface area contributed by atoms with E-state index in [9.17, 15) is 9.59 Å². The smallest absolute Gasteiger partial charge is 0.147 e. The van der Waals surface area contributed by atoms with Crippen LogP contribution in [0.2, 0.25) is 0 Å². The summed E-state index contributed by atoms with van der Waals surface area (Å²) in [6.45, 7) is 12.1. The number of ketones is 2. The second-order valence-electron chi connectivity index (χ2n) is 7.42. The molecule has 0 saturated heterocycles. The van der Waals surface area contributed by atoms with E-state index in [1.54, 1.807) is 0 Å². The third-order valence-corrected chi connectivity index (χ3v) is 4.06. The van der Waals surface area contributed by atoms with Gasteiger partial charge in [-0.2, -0.15) is 0 Å². The van der Waals surface area contributed by atoms with E-state index in [1.807, 2.05) is 53.7 Å². The molecule has 0 spiro atoms. The van der Waals surface area contributed by atoms with Crippen molar-refractivity contribution in [2.24, 2.45) is 10.8 Å². The average molecular weight is 276 g/mol. The standard InChI is InChI=1S/C18H28O2/c1-13(2)7-9-18(10-8-14(3)4)15(19)11-17(5,6)12-16(18)20/h7-8H,9-12H2,1-6H3. The molecule has 0 aliphatic heterocycles. The Morgan fingerprint density at radius 2 is 1.25 bits per heavy atom. The predicted octanol–water partition coefficient (Wildman–Crippen LogP) is 4.64. The van der Waals surface area contributed by atoms with Gasteiger partial charge in [0.25, 0.3) is 0 Å². The molecule has 20 heavy (non-hydrogen) atoms. The summed E-state index contributed by atoms with van der Waals surface area (Å²) >= 11 is 0. The Morgan fingerprint density at radius 3 is 1.55 bits per heavy atom. The van der Waals surface area contributed by atoms with Crippen molar-refractivity contribution in [3.05, 3.63) is 23.3 Å². The van der Waals surface area contributed by atoms with Gasteiger partial charge in [0, 0.05) is 12.8 Å². The summed E-state index contributed by atoms with van der Waals surface area (Å²) in [4.78, 5) is 25.4. The van der Waals surface area contributed by atoms with E-state index < -0.39 is 5.41 Å². The van der Waals surface area contributed by atoms with Crippen LogP contribution in [0.25, 0.3) is 0 Å². The minimum atomic E-state index is -0.815. The molecule has 0 heterocycles. The van der Waals surface area contributed by atoms with Crippen molar-refractivity contribution in [3.8, 4) is 0 Å². The fraction of sp³-hybridized carbons (Fsp3) is 0.667. The van der Waals surface area contributed by atoms with Crippen LogP contribution in [-0.2, 0) is 9.59 Å². The first-order chi connectivity index (χ1) is 9.09. The van der Waals surface area contributed by atoms with Gasteiger partial charge in [-0.05, 0) is 46.0 Å². The second-order valence-corrected chi connectivity index (χ2v) is 7.42. The lowest BCUT2D eigenvalue weighted by molar-refractivity contribution is -0.147. The molecule has 1 fully saturated rings. The van der Waals surface area contributed by atoms with Crippen LogP contribution >= 0.6 is 0 Å². The Morgan fingerprint density at radius 1 is 0.900 bits per heavy atom. The number of allylic oxidation sites excluding steroid dienone is 4. The number of rotatable bonds is 4. The fourth-order valence-corrected chi connectivity index (χ4v) is 2.72. The Balaban J connectivity index is 3.16. The molecule has 1 aliphatic rings. The highest BCUT2D eigenvalue weighted by atomic mass is 16.2. The second kappa shape index (κ2) is 6.07. The Hall–Kier alpha value is -1.18. The third-order valence-electron chi connectivity index (χ3n) is 4.06. The van der Waals surface area contributed by atoms with Crippen molar-refractivity contribution in [2.75, 3.05) is 0 Å². The first-order valence-electron chi connectivity index (χ1n) is 7.42. The zero-order valence-corrected chi connectivity index (χ0v) is 13.8. The number of Topliss-reactive ketones (excluding diaryl/α,β-unsaturated/α-hetero) is 2. The van der Waals surface area contributed by atoms with E-state index in [1.165, 1.54) is 0 Å². The molecule has 1 saturated carbocycles. The first kappa shape index (κ1) is 16.9. The molecule has 1 rings (SSSR count). The van der Waals surface area contributed by atoms with Gasteiger partial charge in [-0.1, -0.05) is 37.1 Å². The monoisotopic (exact) mass is 276 g/mol. The summed E-state index contributed by atoms with van der Waals surface area (Å²) in [5.41, 5.74) is 1.32. The molecule has 0 atom stereocenters. The molecule has 2 heteroatoms. The summed E-state index contributed by atoms with van der Waals surface area (Å²) in [6.07, 6.45) is 6.18. The summed E-state index contributed by atoms with van der Waals surface area (Å²) in [7, 11) is 0. The van der Waals surface area contributed by atoms with Gasteiger partial charge in [-0.25, -0.2) is 0 Å². The molecule has 0 N–H and O–H groups in total. The highest BCUT2D eigenvalue weighted by Gasteiger charge is 2.50. The zero-order valence-electron chi connectivity index (χ0n) is 13.8. The average Bonchev–Trinajstić information content (AvgIpc) is 2.25. The summed E-state index contributed by atoms with van der Waals surface area (Å²) < 4.78 is 0. The molecule has 0 aromatic heterocycles. The Bertz CT molecular complexity index is 414. The van der Waals surface area contributed by atoms with Crippen LogP contribution in [0, 0.1) is 10.8 Å². The summed E-state index contributed by atoms with van der Waals surface area (Å²) in [6, 6.07) is 0. The van der Waals surface area contributed by atoms with Crippen molar-refractivity contribution in [1.29, 1.82) is 0 Å². The number of carbonyl (C=O) groups excluding carboxylic acids is 2. The van der Waals surface area contributed by atoms with E-state index in [2.05, 4.69) is 0 Å². The van der Waals surface area contributed by atoms with Gasteiger partial charge in [0.05, 0.1) is 5.41 Å². The molecule has 0 aromatic rings. The third kappa shape index (κ3) is 3.91. The molecular formula is C18H28O2. The molecule has 0 bridgehead atoms. The SMILES string of the molecule is CC(C)=CCC1(CC=C(C)C)C(=O)CC(C)(C)CC1=O. The van der Waals surface area contributed by atoms with Crippen molar-refractivity contribution < 1.29 is 9.59 Å². The van der Waals surface area contributed by atoms with Gasteiger partial charge in [-0.15, -0.1) is 0 Å². The number of hydrogen-bond donors (Lipinski definition) is 0. The van der Waals surface area contributed by atoms with Crippen LogP contribution in [-0.4, -0.2) is 11.6 Å². The van der Waals surface area contributed by atoms with Crippen LogP contribution in [0.1, 0.15) is 67.2 Å². The van der Waals surface area contributed by atoms with Gasteiger partial charge in [0.1, 0.15) is 11.6 Å². The van der Waals surface area contributed by atoms with E-state index in [4.69, 9.17) is 0 Å². The van der Waals surface area contributed by atoms with Crippen molar-refractivity contribution in [3.63, 3.8) is 0 Å². The predicted molar refractivity (Wildman–Crippen MR) is 83.6 cm³/mol. The fourth-order valence-electron chi connectivity index (χ4n) is 2.72. The highest BCUT2D eigenvalue weighted by molar-refractivity contribution is 6.09. The van der Waals surface area contributed by atoms with E-state index >= 15 is 0 Å². The maximum atomic E-state index is 12.7. The molecule has 2 nitrogen and oxygen atoms in total. The molecule has 0 aromatic carbocycles. The van der Waals surface area contributed by atoms with Crippen molar-refractivity contribution in [1.82, 2.24) is 0 Å². The maximum absolute atomic E-state index is 12.7. The lowest BCUT2D eigenvalue weighted by Gasteiger charge is -2.40. The van der Waals surface area contributed by atoms with Crippen LogP contribution in [0.5, 0.6) is 0 Å². The molecule has 0 amide bonds. The summed E-state index contributed by atoms with van der Waals surface area (Å²) in [5, 5.41) is 0. The van der Waals surface area contributed by atoms with Crippen LogP contribution < -0.4 is 0 Å². The lowest BCUT2D eigenvalue weighted by Crippen LogP contribution is -2.47. The van der Waals surface area contributed by atoms with Crippen molar-refractivity contribution in [2.45, 2.75) is 67.2 Å². The van der Waals surface area contributed by atoms with E-state index in [0.29, 0.717) is 25.7 Å². The molecule has 112 valence electrons. The highest BCUT2D eigenvalue weighted by Crippen LogP contribution is 2.45. The molecule has 1 aliphatic carbocycles. The number of carbonyl (C=O) groups is 2. The van der Waals surface area contributed by atoms with Crippen LogP contribution in [0.4, 0.5) is 0 Å². The number of hydrogen-bond acceptors (Lipinski definition) is 2. The molecule has 0 radical (unpaired) electrons. The lowest BCUT2D eigenvalue weighted by atomic mass is 9.60. The topological polar surface area (TPSA) is 34.1 Å². The maximum Gasteiger partial charge on any atom is 0.147 e. The largest absolute Gasteiger partial charge is 0.299 e. The van der Waals surface area contributed by atoms with Gasteiger partial charge < -0.3 is 0 Å². The van der Waals surface area contributed by atoms with Gasteiger partial charge in [0.2, 0.25) is 0 Å². The van der Waals surface area contributed by atoms with Gasteiger partial charge >= 0.3 is 0 Å². The Kier molecular flexibility index (Phi) is 5.12.